The number of benzene rings is 1. The van der Waals surface area contributed by atoms with Crippen LogP contribution in [-0.2, 0) is 16.0 Å². The zero-order valence-electron chi connectivity index (χ0n) is 15.1. The highest BCUT2D eigenvalue weighted by Gasteiger charge is 2.29. The lowest BCUT2D eigenvalue weighted by Gasteiger charge is -2.17. The third-order valence-corrected chi connectivity index (χ3v) is 6.57. The van der Waals surface area contributed by atoms with Crippen molar-refractivity contribution in [2.75, 3.05) is 6.61 Å². The summed E-state index contributed by atoms with van der Waals surface area (Å²) < 4.78 is 6.80. The van der Waals surface area contributed by atoms with Crippen LogP contribution in [0.1, 0.15) is 32.9 Å². The average Bonchev–Trinajstić information content (AvgIpc) is 3.01. The van der Waals surface area contributed by atoms with Gasteiger partial charge in [-0.15, -0.1) is 11.8 Å². The number of carbonyl (C=O) groups is 1. The van der Waals surface area contributed by atoms with Gasteiger partial charge in [0.05, 0.1) is 22.9 Å². The molecule has 0 saturated carbocycles. The SMILES string of the molecule is CCOC(=O)[C@H](CC)Sc1nc2c(c(=O)n1-c1ccccc1)S[C@H](C)C2. The molecule has 138 valence electrons. The second kappa shape index (κ2) is 8.31. The molecule has 3 rings (SSSR count). The Balaban J connectivity index is 2.09. The van der Waals surface area contributed by atoms with Gasteiger partial charge in [-0.05, 0) is 25.5 Å². The zero-order valence-corrected chi connectivity index (χ0v) is 16.7. The lowest BCUT2D eigenvalue weighted by Crippen LogP contribution is -2.26. The van der Waals surface area contributed by atoms with Crippen molar-refractivity contribution in [3.8, 4) is 5.69 Å². The van der Waals surface area contributed by atoms with Gasteiger partial charge in [-0.1, -0.05) is 43.8 Å². The Hall–Kier alpha value is -1.73. The molecule has 0 spiro atoms. The van der Waals surface area contributed by atoms with Gasteiger partial charge in [0.15, 0.2) is 5.16 Å². The summed E-state index contributed by atoms with van der Waals surface area (Å²) >= 11 is 2.89. The van der Waals surface area contributed by atoms with Gasteiger partial charge in [-0.2, -0.15) is 0 Å². The first-order valence-corrected chi connectivity index (χ1v) is 10.5. The van der Waals surface area contributed by atoms with Crippen LogP contribution in [0.4, 0.5) is 0 Å². The van der Waals surface area contributed by atoms with E-state index < -0.39 is 0 Å². The number of aromatic nitrogens is 2. The van der Waals surface area contributed by atoms with Crippen molar-refractivity contribution in [2.45, 2.75) is 54.2 Å². The van der Waals surface area contributed by atoms with E-state index in [4.69, 9.17) is 9.72 Å². The summed E-state index contributed by atoms with van der Waals surface area (Å²) in [6.07, 6.45) is 1.38. The third-order valence-electron chi connectivity index (χ3n) is 4.06. The van der Waals surface area contributed by atoms with E-state index >= 15 is 0 Å². The van der Waals surface area contributed by atoms with Crippen LogP contribution in [0, 0.1) is 0 Å². The van der Waals surface area contributed by atoms with Crippen molar-refractivity contribution >= 4 is 29.5 Å². The molecular formula is C19H22N2O3S2. The van der Waals surface area contributed by atoms with Gasteiger partial charge >= 0.3 is 5.97 Å². The lowest BCUT2D eigenvalue weighted by molar-refractivity contribution is -0.142. The Kier molecular flexibility index (Phi) is 6.09. The standard InChI is InChI=1S/C19H22N2O3S2/c1-4-15(18(23)24-5-2)26-19-20-14-11-12(3)25-16(14)17(22)21(19)13-9-7-6-8-10-13/h6-10,12,15H,4-5,11H2,1-3H3/t12-,15+/m1/s1. The van der Waals surface area contributed by atoms with Crippen molar-refractivity contribution < 1.29 is 9.53 Å². The molecular weight excluding hydrogens is 368 g/mol. The second-order valence-corrected chi connectivity index (χ2v) is 8.66. The number of nitrogens with zero attached hydrogens (tertiary/aromatic N) is 2. The highest BCUT2D eigenvalue weighted by Crippen LogP contribution is 2.36. The van der Waals surface area contributed by atoms with E-state index in [0.717, 1.165) is 22.7 Å². The largest absolute Gasteiger partial charge is 0.465 e. The summed E-state index contributed by atoms with van der Waals surface area (Å²) in [5.74, 6) is -0.267. The summed E-state index contributed by atoms with van der Waals surface area (Å²) in [5, 5.41) is 0.498. The predicted octanol–water partition coefficient (Wildman–Crippen LogP) is 3.70. The lowest BCUT2D eigenvalue weighted by atomic mass is 10.2. The van der Waals surface area contributed by atoms with Crippen LogP contribution in [0.5, 0.6) is 0 Å². The molecule has 2 heterocycles. The Morgan fingerprint density at radius 3 is 2.77 bits per heavy atom. The van der Waals surface area contributed by atoms with Gasteiger partial charge in [-0.3, -0.25) is 14.2 Å². The van der Waals surface area contributed by atoms with E-state index in [1.165, 1.54) is 11.8 Å². The predicted molar refractivity (Wildman–Crippen MR) is 105 cm³/mol. The number of thioether (sulfide) groups is 2. The van der Waals surface area contributed by atoms with E-state index in [-0.39, 0.29) is 16.8 Å². The summed E-state index contributed by atoms with van der Waals surface area (Å²) in [6, 6.07) is 9.46. The van der Waals surface area contributed by atoms with Gasteiger partial charge in [0.2, 0.25) is 0 Å². The molecule has 1 aromatic carbocycles. The number of carbonyl (C=O) groups excluding carboxylic acids is 1. The fourth-order valence-electron chi connectivity index (χ4n) is 2.84. The van der Waals surface area contributed by atoms with Crippen LogP contribution in [0.25, 0.3) is 5.69 Å². The molecule has 0 aliphatic carbocycles. The molecule has 0 fully saturated rings. The van der Waals surface area contributed by atoms with Crippen LogP contribution in [0.15, 0.2) is 45.2 Å². The Bertz CT molecular complexity index is 852. The number of para-hydroxylation sites is 1. The Labute approximate surface area is 161 Å². The molecule has 0 N–H and O–H groups in total. The minimum atomic E-state index is -0.388. The third kappa shape index (κ3) is 3.83. The molecule has 5 nitrogen and oxygen atoms in total. The van der Waals surface area contributed by atoms with Crippen LogP contribution < -0.4 is 5.56 Å². The maximum atomic E-state index is 13.2. The number of hydrogen-bond acceptors (Lipinski definition) is 6. The molecule has 0 bridgehead atoms. The molecule has 26 heavy (non-hydrogen) atoms. The van der Waals surface area contributed by atoms with Crippen molar-refractivity contribution in [2.24, 2.45) is 0 Å². The highest BCUT2D eigenvalue weighted by molar-refractivity contribution is 8.00. The number of rotatable bonds is 6. The Morgan fingerprint density at radius 1 is 1.38 bits per heavy atom. The van der Waals surface area contributed by atoms with Crippen molar-refractivity contribution in [1.82, 2.24) is 9.55 Å². The fourth-order valence-corrected chi connectivity index (χ4v) is 4.99. The van der Waals surface area contributed by atoms with Gasteiger partial charge < -0.3 is 4.74 Å². The molecule has 1 aliphatic rings. The topological polar surface area (TPSA) is 61.2 Å². The Morgan fingerprint density at radius 2 is 2.12 bits per heavy atom. The van der Waals surface area contributed by atoms with Crippen molar-refractivity contribution in [1.29, 1.82) is 0 Å². The molecule has 1 aromatic heterocycles. The number of hydrogen-bond donors (Lipinski definition) is 0. The molecule has 2 atom stereocenters. The highest BCUT2D eigenvalue weighted by atomic mass is 32.2. The zero-order chi connectivity index (χ0) is 18.7. The normalized spacial score (nSPS) is 17.0. The number of esters is 1. The molecule has 7 heteroatoms. The van der Waals surface area contributed by atoms with E-state index in [2.05, 4.69) is 6.92 Å². The van der Waals surface area contributed by atoms with Gasteiger partial charge in [-0.25, -0.2) is 4.98 Å². The second-order valence-electron chi connectivity index (χ2n) is 6.05. The minimum Gasteiger partial charge on any atom is -0.465 e. The number of fused-ring (bicyclic) bond motifs is 1. The molecule has 1 aliphatic heterocycles. The smallest absolute Gasteiger partial charge is 0.319 e. The molecule has 2 aromatic rings. The van der Waals surface area contributed by atoms with Gasteiger partial charge in [0, 0.05) is 11.7 Å². The van der Waals surface area contributed by atoms with Gasteiger partial charge in [0.25, 0.3) is 5.56 Å². The first-order chi connectivity index (χ1) is 12.5. The first-order valence-electron chi connectivity index (χ1n) is 8.76. The maximum absolute atomic E-state index is 13.2. The quantitative estimate of drug-likeness (QED) is 0.426. The molecule has 0 unspecified atom stereocenters. The number of ether oxygens (including phenoxy) is 1. The van der Waals surface area contributed by atoms with Crippen LogP contribution in [0.2, 0.25) is 0 Å². The molecule has 0 saturated heterocycles. The van der Waals surface area contributed by atoms with E-state index in [1.54, 1.807) is 23.3 Å². The first kappa shape index (κ1) is 19.0. The average molecular weight is 391 g/mol. The molecule has 0 amide bonds. The fraction of sp³-hybridized carbons (Fsp3) is 0.421. The van der Waals surface area contributed by atoms with Crippen molar-refractivity contribution in [3.63, 3.8) is 0 Å². The van der Waals surface area contributed by atoms with Crippen LogP contribution in [0.3, 0.4) is 0 Å². The molecule has 0 radical (unpaired) electrons. The van der Waals surface area contributed by atoms with Crippen LogP contribution >= 0.6 is 23.5 Å². The monoisotopic (exact) mass is 390 g/mol. The maximum Gasteiger partial charge on any atom is 0.319 e. The van der Waals surface area contributed by atoms with Gasteiger partial charge in [0.1, 0.15) is 5.25 Å². The van der Waals surface area contributed by atoms with Crippen molar-refractivity contribution in [3.05, 3.63) is 46.4 Å². The summed E-state index contributed by atoms with van der Waals surface area (Å²) in [7, 11) is 0. The van der Waals surface area contributed by atoms with E-state index in [1.807, 2.05) is 37.3 Å². The summed E-state index contributed by atoms with van der Waals surface area (Å²) in [5.41, 5.74) is 1.53. The minimum absolute atomic E-state index is 0.0586. The van der Waals surface area contributed by atoms with E-state index in [0.29, 0.717) is 23.4 Å². The summed E-state index contributed by atoms with van der Waals surface area (Å²) in [4.78, 5) is 30.9. The van der Waals surface area contributed by atoms with E-state index in [9.17, 15) is 9.59 Å². The summed E-state index contributed by atoms with van der Waals surface area (Å²) in [6.45, 7) is 6.17. The van der Waals surface area contributed by atoms with Crippen LogP contribution in [-0.4, -0.2) is 32.6 Å².